The normalized spacial score (nSPS) is 15.6. The molecule has 6 nitrogen and oxygen atoms in total. The van der Waals surface area contributed by atoms with E-state index in [0.717, 1.165) is 12.2 Å². The second kappa shape index (κ2) is 4.36. The smallest absolute Gasteiger partial charge is 0.291 e. The van der Waals surface area contributed by atoms with Crippen LogP contribution in [0.5, 0.6) is 0 Å². The maximum absolute atomic E-state index is 11.9. The van der Waals surface area contributed by atoms with Crippen LogP contribution in [-0.2, 0) is 0 Å². The Labute approximate surface area is 104 Å². The lowest BCUT2D eigenvalue weighted by atomic mass is 9.85. The van der Waals surface area contributed by atoms with Gasteiger partial charge < -0.3 is 5.32 Å². The molecule has 2 aromatic heterocycles. The van der Waals surface area contributed by atoms with Crippen LogP contribution in [0.2, 0.25) is 0 Å². The Bertz CT molecular complexity index is 587. The van der Waals surface area contributed by atoms with Crippen LogP contribution < -0.4 is 5.32 Å². The van der Waals surface area contributed by atoms with Gasteiger partial charge >= 0.3 is 0 Å². The van der Waals surface area contributed by atoms with Crippen LogP contribution in [0.15, 0.2) is 12.3 Å². The first-order valence-electron chi connectivity index (χ1n) is 6.20. The third-order valence-corrected chi connectivity index (χ3v) is 3.41. The molecule has 0 bridgehead atoms. The van der Waals surface area contributed by atoms with Crippen LogP contribution in [0.25, 0.3) is 5.78 Å². The molecule has 1 saturated carbocycles. The van der Waals surface area contributed by atoms with Crippen molar-refractivity contribution in [2.45, 2.75) is 26.2 Å². The van der Waals surface area contributed by atoms with Gasteiger partial charge in [-0.25, -0.2) is 9.50 Å². The number of nitrogens with zero attached hydrogens (tertiary/aromatic N) is 4. The third-order valence-electron chi connectivity index (χ3n) is 3.41. The number of carbonyl (C=O) groups excluding carboxylic acids is 1. The van der Waals surface area contributed by atoms with E-state index in [9.17, 15) is 4.79 Å². The zero-order valence-corrected chi connectivity index (χ0v) is 10.3. The van der Waals surface area contributed by atoms with Crippen molar-refractivity contribution < 1.29 is 4.79 Å². The lowest BCUT2D eigenvalue weighted by Gasteiger charge is -2.24. The van der Waals surface area contributed by atoms with E-state index in [1.54, 1.807) is 10.7 Å². The van der Waals surface area contributed by atoms with Crippen molar-refractivity contribution in [2.24, 2.45) is 5.92 Å². The van der Waals surface area contributed by atoms with E-state index in [0.29, 0.717) is 11.7 Å². The van der Waals surface area contributed by atoms with E-state index < -0.39 is 0 Å². The van der Waals surface area contributed by atoms with Gasteiger partial charge in [0.1, 0.15) is 0 Å². The molecule has 1 N–H and O–H groups in total. The summed E-state index contributed by atoms with van der Waals surface area (Å²) in [5, 5.41) is 7.04. The third kappa shape index (κ3) is 1.94. The fourth-order valence-electron chi connectivity index (χ4n) is 2.02. The van der Waals surface area contributed by atoms with Crippen molar-refractivity contribution in [1.29, 1.82) is 0 Å². The number of nitrogens with one attached hydrogen (secondary N) is 1. The standard InChI is InChI=1S/C12H15N5O/c1-8-5-6-13-12-15-10(16-17(8)12)11(18)14-7-9-3-2-4-9/h5-6,9H,2-4,7H2,1H3,(H,14,18). The van der Waals surface area contributed by atoms with Gasteiger partial charge in [0.25, 0.3) is 11.7 Å². The number of aryl methyl sites for hydroxylation is 1. The molecule has 0 aliphatic heterocycles. The van der Waals surface area contributed by atoms with Gasteiger partial charge in [-0.3, -0.25) is 4.79 Å². The second-order valence-corrected chi connectivity index (χ2v) is 4.74. The molecule has 0 aromatic carbocycles. The molecule has 0 saturated heterocycles. The van der Waals surface area contributed by atoms with Gasteiger partial charge in [0.2, 0.25) is 5.82 Å². The van der Waals surface area contributed by atoms with E-state index in [-0.39, 0.29) is 11.7 Å². The van der Waals surface area contributed by atoms with Crippen LogP contribution in [0.4, 0.5) is 0 Å². The van der Waals surface area contributed by atoms with Gasteiger partial charge in [-0.2, -0.15) is 4.98 Å². The van der Waals surface area contributed by atoms with Crippen molar-refractivity contribution >= 4 is 11.7 Å². The molecule has 6 heteroatoms. The molecule has 1 aliphatic rings. The lowest BCUT2D eigenvalue weighted by molar-refractivity contribution is 0.0929. The van der Waals surface area contributed by atoms with Crippen LogP contribution in [-0.4, -0.2) is 32.0 Å². The van der Waals surface area contributed by atoms with Crippen molar-refractivity contribution in [1.82, 2.24) is 24.9 Å². The molecule has 0 radical (unpaired) electrons. The zero-order valence-electron chi connectivity index (χ0n) is 10.3. The number of aromatic nitrogens is 4. The summed E-state index contributed by atoms with van der Waals surface area (Å²) in [5.74, 6) is 1.07. The van der Waals surface area contributed by atoms with Gasteiger partial charge in [0, 0.05) is 18.4 Å². The quantitative estimate of drug-likeness (QED) is 0.874. The summed E-state index contributed by atoms with van der Waals surface area (Å²) in [6, 6.07) is 1.83. The molecule has 1 fully saturated rings. The molecule has 1 aliphatic carbocycles. The van der Waals surface area contributed by atoms with Gasteiger partial charge in [-0.05, 0) is 31.7 Å². The first-order chi connectivity index (χ1) is 8.74. The van der Waals surface area contributed by atoms with Crippen LogP contribution in [0.1, 0.15) is 35.6 Å². The molecular formula is C12H15N5O. The van der Waals surface area contributed by atoms with E-state index in [2.05, 4.69) is 20.4 Å². The minimum absolute atomic E-state index is 0.191. The Kier molecular flexibility index (Phi) is 2.70. The lowest BCUT2D eigenvalue weighted by Crippen LogP contribution is -2.32. The largest absolute Gasteiger partial charge is 0.349 e. The summed E-state index contributed by atoms with van der Waals surface area (Å²) in [7, 11) is 0. The summed E-state index contributed by atoms with van der Waals surface area (Å²) in [4.78, 5) is 20.1. The highest BCUT2D eigenvalue weighted by molar-refractivity contribution is 5.90. The highest BCUT2D eigenvalue weighted by atomic mass is 16.2. The van der Waals surface area contributed by atoms with Gasteiger partial charge in [0.15, 0.2) is 0 Å². The molecule has 3 rings (SSSR count). The summed E-state index contributed by atoms with van der Waals surface area (Å²) in [5.41, 5.74) is 0.908. The average molecular weight is 245 g/mol. The van der Waals surface area contributed by atoms with Crippen molar-refractivity contribution in [3.63, 3.8) is 0 Å². The Balaban J connectivity index is 1.76. The fourth-order valence-corrected chi connectivity index (χ4v) is 2.02. The molecule has 0 spiro atoms. The van der Waals surface area contributed by atoms with Crippen molar-refractivity contribution in [3.8, 4) is 0 Å². The zero-order chi connectivity index (χ0) is 12.5. The topological polar surface area (TPSA) is 72.2 Å². The second-order valence-electron chi connectivity index (χ2n) is 4.74. The molecule has 1 amide bonds. The Morgan fingerprint density at radius 2 is 2.39 bits per heavy atom. The Hall–Kier alpha value is -1.98. The van der Waals surface area contributed by atoms with Crippen LogP contribution >= 0.6 is 0 Å². The van der Waals surface area contributed by atoms with Crippen LogP contribution in [0.3, 0.4) is 0 Å². The molecule has 2 aromatic rings. The number of rotatable bonds is 3. The van der Waals surface area contributed by atoms with E-state index in [4.69, 9.17) is 0 Å². The molecule has 0 atom stereocenters. The maximum atomic E-state index is 11.9. The monoisotopic (exact) mass is 245 g/mol. The SMILES string of the molecule is Cc1ccnc2nc(C(=O)NCC3CCC3)nn12. The minimum atomic E-state index is -0.216. The number of hydrogen-bond acceptors (Lipinski definition) is 4. The summed E-state index contributed by atoms with van der Waals surface area (Å²) in [6.45, 7) is 2.63. The Morgan fingerprint density at radius 3 is 3.06 bits per heavy atom. The van der Waals surface area contributed by atoms with Gasteiger partial charge in [-0.1, -0.05) is 6.42 Å². The molecule has 18 heavy (non-hydrogen) atoms. The molecular weight excluding hydrogens is 230 g/mol. The van der Waals surface area contributed by atoms with Crippen molar-refractivity contribution in [3.05, 3.63) is 23.8 Å². The molecule has 94 valence electrons. The predicted octanol–water partition coefficient (Wildman–Crippen LogP) is 0.963. The van der Waals surface area contributed by atoms with E-state index in [1.165, 1.54) is 19.3 Å². The average Bonchev–Trinajstić information content (AvgIpc) is 2.72. The predicted molar refractivity (Wildman–Crippen MR) is 65.2 cm³/mol. The summed E-state index contributed by atoms with van der Waals surface area (Å²) in [6.07, 6.45) is 5.35. The number of carbonyl (C=O) groups is 1. The highest BCUT2D eigenvalue weighted by Crippen LogP contribution is 2.25. The number of fused-ring (bicyclic) bond motifs is 1. The summed E-state index contributed by atoms with van der Waals surface area (Å²) >= 11 is 0. The molecule has 2 heterocycles. The first kappa shape index (κ1) is 11.1. The number of hydrogen-bond donors (Lipinski definition) is 1. The highest BCUT2D eigenvalue weighted by Gasteiger charge is 2.20. The fraction of sp³-hybridized carbons (Fsp3) is 0.500. The van der Waals surface area contributed by atoms with E-state index >= 15 is 0 Å². The number of amides is 1. The minimum Gasteiger partial charge on any atom is -0.349 e. The molecule has 0 unspecified atom stereocenters. The van der Waals surface area contributed by atoms with Gasteiger partial charge in [0.05, 0.1) is 0 Å². The first-order valence-corrected chi connectivity index (χ1v) is 6.20. The maximum Gasteiger partial charge on any atom is 0.291 e. The van der Waals surface area contributed by atoms with E-state index in [1.807, 2.05) is 13.0 Å². The van der Waals surface area contributed by atoms with Crippen LogP contribution in [0, 0.1) is 12.8 Å². The van der Waals surface area contributed by atoms with Gasteiger partial charge in [-0.15, -0.1) is 5.10 Å². The Morgan fingerprint density at radius 1 is 1.56 bits per heavy atom. The van der Waals surface area contributed by atoms with Crippen molar-refractivity contribution in [2.75, 3.05) is 6.54 Å². The summed E-state index contributed by atoms with van der Waals surface area (Å²) < 4.78 is 1.58.